The highest BCUT2D eigenvalue weighted by atomic mass is 16.4. The second-order valence-corrected chi connectivity index (χ2v) is 6.08. The van der Waals surface area contributed by atoms with E-state index in [0.29, 0.717) is 18.8 Å². The molecule has 0 aromatic heterocycles. The van der Waals surface area contributed by atoms with E-state index >= 15 is 0 Å². The van der Waals surface area contributed by atoms with E-state index in [4.69, 9.17) is 5.73 Å². The van der Waals surface area contributed by atoms with Crippen LogP contribution in [0.5, 0.6) is 0 Å². The summed E-state index contributed by atoms with van der Waals surface area (Å²) >= 11 is 0. The number of anilines is 1. The number of hydrogen-bond acceptors (Lipinski definition) is 3. The number of benzene rings is 1. The first-order valence-electron chi connectivity index (χ1n) is 7.43. The lowest BCUT2D eigenvalue weighted by atomic mass is 9.92. The maximum atomic E-state index is 12.5. The molecular formula is C16H20N2O3. The average molecular weight is 288 g/mol. The molecule has 1 aromatic carbocycles. The van der Waals surface area contributed by atoms with Crippen LogP contribution in [0.4, 0.5) is 5.69 Å². The number of nitrogens with zero attached hydrogens (tertiary/aromatic N) is 1. The molecule has 21 heavy (non-hydrogen) atoms. The number of carbonyl (C=O) groups excluding carboxylic acids is 1. The topological polar surface area (TPSA) is 83.6 Å². The zero-order valence-electron chi connectivity index (χ0n) is 11.9. The molecule has 0 spiro atoms. The van der Waals surface area contributed by atoms with Gasteiger partial charge in [-0.3, -0.25) is 9.59 Å². The van der Waals surface area contributed by atoms with E-state index in [1.165, 1.54) is 0 Å². The largest absolute Gasteiger partial charge is 0.481 e. The second kappa shape index (κ2) is 5.48. The van der Waals surface area contributed by atoms with Crippen LogP contribution in [-0.2, 0) is 16.0 Å². The van der Waals surface area contributed by atoms with Gasteiger partial charge in [0.25, 0.3) is 0 Å². The number of rotatable bonds is 4. The van der Waals surface area contributed by atoms with Crippen molar-refractivity contribution in [3.63, 3.8) is 0 Å². The quantitative estimate of drug-likeness (QED) is 0.877. The fraction of sp³-hybridized carbons (Fsp3) is 0.500. The summed E-state index contributed by atoms with van der Waals surface area (Å²) in [7, 11) is 0. The zero-order chi connectivity index (χ0) is 15.0. The monoisotopic (exact) mass is 288 g/mol. The van der Waals surface area contributed by atoms with Crippen molar-refractivity contribution in [3.8, 4) is 0 Å². The van der Waals surface area contributed by atoms with E-state index in [-0.39, 0.29) is 18.5 Å². The molecule has 3 N–H and O–H groups in total. The predicted octanol–water partition coefficient (Wildman–Crippen LogP) is 1.40. The Balaban J connectivity index is 1.81. The number of carboxylic acid groups (broad SMARTS) is 1. The normalized spacial score (nSPS) is 22.5. The molecule has 5 nitrogen and oxygen atoms in total. The first-order chi connectivity index (χ1) is 10.1. The van der Waals surface area contributed by atoms with Crippen molar-refractivity contribution < 1.29 is 14.7 Å². The highest BCUT2D eigenvalue weighted by Gasteiger charge is 2.35. The average Bonchev–Trinajstić information content (AvgIpc) is 3.30. The van der Waals surface area contributed by atoms with Crippen molar-refractivity contribution >= 4 is 17.6 Å². The number of aliphatic carboxylic acids is 1. The third kappa shape index (κ3) is 2.93. The van der Waals surface area contributed by atoms with Crippen molar-refractivity contribution in [3.05, 3.63) is 29.8 Å². The number of hydrogen-bond donors (Lipinski definition) is 2. The molecule has 0 saturated heterocycles. The summed E-state index contributed by atoms with van der Waals surface area (Å²) in [6.07, 6.45) is 2.97. The Morgan fingerprint density at radius 2 is 2.05 bits per heavy atom. The maximum Gasteiger partial charge on any atom is 0.308 e. The lowest BCUT2D eigenvalue weighted by Crippen LogP contribution is -2.44. The Morgan fingerprint density at radius 1 is 1.33 bits per heavy atom. The number of carboxylic acids is 1. The minimum Gasteiger partial charge on any atom is -0.481 e. The Hall–Kier alpha value is -1.88. The van der Waals surface area contributed by atoms with Crippen molar-refractivity contribution in [2.24, 2.45) is 17.6 Å². The van der Waals surface area contributed by atoms with E-state index in [0.717, 1.165) is 24.1 Å². The van der Waals surface area contributed by atoms with Crippen LogP contribution < -0.4 is 10.6 Å². The Kier molecular flexibility index (Phi) is 3.68. The summed E-state index contributed by atoms with van der Waals surface area (Å²) in [6, 6.07) is 7.43. The fourth-order valence-electron chi connectivity index (χ4n) is 3.00. The highest BCUT2D eigenvalue weighted by Crippen LogP contribution is 2.34. The summed E-state index contributed by atoms with van der Waals surface area (Å²) in [5.74, 6) is -0.994. The van der Waals surface area contributed by atoms with Gasteiger partial charge in [0.1, 0.15) is 0 Å². The molecular weight excluding hydrogens is 268 g/mol. The lowest BCUT2D eigenvalue weighted by molar-refractivity contribution is -0.141. The summed E-state index contributed by atoms with van der Waals surface area (Å²) in [5.41, 5.74) is 7.79. The van der Waals surface area contributed by atoms with Gasteiger partial charge in [-0.2, -0.15) is 0 Å². The van der Waals surface area contributed by atoms with E-state index in [9.17, 15) is 14.7 Å². The second-order valence-electron chi connectivity index (χ2n) is 6.08. The fourth-order valence-corrected chi connectivity index (χ4v) is 3.00. The third-order valence-electron chi connectivity index (χ3n) is 4.44. The number of fused-ring (bicyclic) bond motifs is 1. The first-order valence-corrected chi connectivity index (χ1v) is 7.43. The van der Waals surface area contributed by atoms with Gasteiger partial charge in [-0.05, 0) is 36.8 Å². The van der Waals surface area contributed by atoms with E-state index in [1.54, 1.807) is 4.90 Å². The molecule has 1 saturated carbocycles. The standard InChI is InChI=1S/C16H20N2O3/c17-13(10-5-6-10)8-15(19)18-9-12(16(20)21)7-11-3-1-2-4-14(11)18/h1-4,10,12-13H,5-9,17H2,(H,20,21). The van der Waals surface area contributed by atoms with Crippen molar-refractivity contribution in [2.45, 2.75) is 31.7 Å². The minimum absolute atomic E-state index is 0.0622. The van der Waals surface area contributed by atoms with Crippen LogP contribution in [-0.4, -0.2) is 29.6 Å². The van der Waals surface area contributed by atoms with Crippen LogP contribution in [0, 0.1) is 11.8 Å². The molecule has 1 heterocycles. The van der Waals surface area contributed by atoms with Crippen molar-refractivity contribution in [1.82, 2.24) is 0 Å². The molecule has 5 heteroatoms. The van der Waals surface area contributed by atoms with Crippen LogP contribution >= 0.6 is 0 Å². The van der Waals surface area contributed by atoms with Gasteiger partial charge in [-0.25, -0.2) is 0 Å². The molecule has 1 aliphatic heterocycles. The molecule has 1 amide bonds. The molecule has 2 atom stereocenters. The van der Waals surface area contributed by atoms with Gasteiger partial charge in [-0.15, -0.1) is 0 Å². The van der Waals surface area contributed by atoms with Crippen LogP contribution in [0.15, 0.2) is 24.3 Å². The van der Waals surface area contributed by atoms with Gasteiger partial charge in [-0.1, -0.05) is 18.2 Å². The van der Waals surface area contributed by atoms with Gasteiger partial charge < -0.3 is 15.7 Å². The first kappa shape index (κ1) is 14.1. The van der Waals surface area contributed by atoms with Gasteiger partial charge in [0.2, 0.25) is 5.91 Å². The van der Waals surface area contributed by atoms with Crippen molar-refractivity contribution in [1.29, 1.82) is 0 Å². The van der Waals surface area contributed by atoms with E-state index < -0.39 is 11.9 Å². The molecule has 1 fully saturated rings. The Labute approximate surface area is 123 Å². The molecule has 0 radical (unpaired) electrons. The zero-order valence-corrected chi connectivity index (χ0v) is 11.9. The Morgan fingerprint density at radius 3 is 2.71 bits per heavy atom. The summed E-state index contributed by atoms with van der Waals surface area (Å²) in [6.45, 7) is 0.239. The molecule has 2 aliphatic rings. The van der Waals surface area contributed by atoms with Crippen LogP contribution in [0.25, 0.3) is 0 Å². The molecule has 0 bridgehead atoms. The number of amides is 1. The van der Waals surface area contributed by atoms with Gasteiger partial charge >= 0.3 is 5.97 Å². The van der Waals surface area contributed by atoms with Gasteiger partial charge in [0.05, 0.1) is 5.92 Å². The van der Waals surface area contributed by atoms with Crippen LogP contribution in [0.2, 0.25) is 0 Å². The molecule has 1 aliphatic carbocycles. The number of para-hydroxylation sites is 1. The Bertz CT molecular complexity index is 568. The molecule has 2 unspecified atom stereocenters. The van der Waals surface area contributed by atoms with Crippen LogP contribution in [0.3, 0.4) is 0 Å². The maximum absolute atomic E-state index is 12.5. The summed E-state index contributed by atoms with van der Waals surface area (Å²) in [4.78, 5) is 25.4. The molecule has 3 rings (SSSR count). The van der Waals surface area contributed by atoms with Crippen LogP contribution in [0.1, 0.15) is 24.8 Å². The predicted molar refractivity (Wildman–Crippen MR) is 78.9 cm³/mol. The highest BCUT2D eigenvalue weighted by molar-refractivity contribution is 5.96. The minimum atomic E-state index is -0.853. The SMILES string of the molecule is NC(CC(=O)N1CC(C(=O)O)Cc2ccccc21)C1CC1. The number of carbonyl (C=O) groups is 2. The molecule has 1 aromatic rings. The lowest BCUT2D eigenvalue weighted by Gasteiger charge is -2.33. The molecule has 112 valence electrons. The van der Waals surface area contributed by atoms with E-state index in [1.807, 2.05) is 24.3 Å². The smallest absolute Gasteiger partial charge is 0.308 e. The van der Waals surface area contributed by atoms with Gasteiger partial charge in [0.15, 0.2) is 0 Å². The summed E-state index contributed by atoms with van der Waals surface area (Å²) < 4.78 is 0. The summed E-state index contributed by atoms with van der Waals surface area (Å²) in [5, 5.41) is 9.28. The number of nitrogens with two attached hydrogens (primary N) is 1. The third-order valence-corrected chi connectivity index (χ3v) is 4.44. The van der Waals surface area contributed by atoms with Crippen molar-refractivity contribution in [2.75, 3.05) is 11.4 Å². The van der Waals surface area contributed by atoms with E-state index in [2.05, 4.69) is 0 Å². The van der Waals surface area contributed by atoms with Gasteiger partial charge in [0, 0.05) is 24.7 Å².